The van der Waals surface area contributed by atoms with Crippen molar-refractivity contribution in [1.82, 2.24) is 0 Å². The average Bonchev–Trinajstić information content (AvgIpc) is 2.95. The van der Waals surface area contributed by atoms with E-state index in [1.54, 1.807) is 6.92 Å². The molecule has 2 heterocycles. The maximum Gasteiger partial charge on any atom is 0.188 e. The van der Waals surface area contributed by atoms with Crippen LogP contribution >= 0.6 is 0 Å². The molecule has 3 aromatic rings. The minimum absolute atomic E-state index is 0.153. The Kier molecular flexibility index (Phi) is 8.92. The molecule has 3 aromatic carbocycles. The first kappa shape index (κ1) is 27.7. The Morgan fingerprint density at radius 1 is 0.821 bits per heavy atom. The normalized spacial score (nSPS) is 27.0. The van der Waals surface area contributed by atoms with Crippen molar-refractivity contribution in [2.24, 2.45) is 0 Å². The molecule has 2 fully saturated rings. The van der Waals surface area contributed by atoms with E-state index in [1.807, 2.05) is 91.0 Å². The highest BCUT2D eigenvalue weighted by Gasteiger charge is 2.55. The summed E-state index contributed by atoms with van der Waals surface area (Å²) in [6, 6.07) is 29.0. The molecule has 2 aliphatic heterocycles. The highest BCUT2D eigenvalue weighted by molar-refractivity contribution is 7.92. The summed E-state index contributed by atoms with van der Waals surface area (Å²) >= 11 is 0. The lowest BCUT2D eigenvalue weighted by Gasteiger charge is -2.49. The third-order valence-electron chi connectivity index (χ3n) is 6.73. The zero-order valence-corrected chi connectivity index (χ0v) is 22.7. The molecule has 39 heavy (non-hydrogen) atoms. The van der Waals surface area contributed by atoms with Crippen molar-refractivity contribution in [3.05, 3.63) is 120 Å². The molecule has 206 valence electrons. The van der Waals surface area contributed by atoms with Gasteiger partial charge in [-0.1, -0.05) is 103 Å². The van der Waals surface area contributed by atoms with Crippen LogP contribution in [0.5, 0.6) is 0 Å². The lowest BCUT2D eigenvalue weighted by Crippen LogP contribution is -2.64. The largest absolute Gasteiger partial charge is 0.368 e. The lowest BCUT2D eigenvalue weighted by molar-refractivity contribution is -0.330. The predicted molar refractivity (Wildman–Crippen MR) is 147 cm³/mol. The number of rotatable bonds is 10. The molecule has 0 amide bonds. The van der Waals surface area contributed by atoms with E-state index in [1.165, 1.54) is 0 Å². The van der Waals surface area contributed by atoms with E-state index in [0.29, 0.717) is 5.57 Å². The molecule has 0 aliphatic carbocycles. The van der Waals surface area contributed by atoms with Gasteiger partial charge in [0, 0.05) is 5.56 Å². The third kappa shape index (κ3) is 6.84. The Bertz CT molecular complexity index is 1310. The second kappa shape index (κ2) is 12.6. The molecule has 1 unspecified atom stereocenters. The maximum absolute atomic E-state index is 13.6. The van der Waals surface area contributed by atoms with Gasteiger partial charge in [0.25, 0.3) is 0 Å². The summed E-state index contributed by atoms with van der Waals surface area (Å²) in [4.78, 5) is 0. The summed E-state index contributed by atoms with van der Waals surface area (Å²) in [7, 11) is -3.81. The van der Waals surface area contributed by atoms with Gasteiger partial charge in [0.1, 0.15) is 24.4 Å². The number of hydrogen-bond acceptors (Lipinski definition) is 7. The van der Waals surface area contributed by atoms with Crippen molar-refractivity contribution in [3.8, 4) is 0 Å². The van der Waals surface area contributed by atoms with E-state index in [0.717, 1.165) is 16.7 Å². The van der Waals surface area contributed by atoms with Crippen LogP contribution in [0, 0.1) is 0 Å². The summed E-state index contributed by atoms with van der Waals surface area (Å²) < 4.78 is 58.7. The van der Waals surface area contributed by atoms with Gasteiger partial charge < -0.3 is 23.7 Å². The highest BCUT2D eigenvalue weighted by atomic mass is 32.2. The van der Waals surface area contributed by atoms with Crippen LogP contribution in [-0.4, -0.2) is 50.6 Å². The Morgan fingerprint density at radius 3 is 1.92 bits per heavy atom. The summed E-state index contributed by atoms with van der Waals surface area (Å²) in [5.41, 5.74) is 1.96. The first-order chi connectivity index (χ1) is 18.9. The quantitative estimate of drug-likeness (QED) is 0.329. The zero-order valence-electron chi connectivity index (χ0n) is 21.9. The Hall–Kier alpha value is -2.85. The van der Waals surface area contributed by atoms with E-state index >= 15 is 0 Å². The molecule has 0 bridgehead atoms. The SMILES string of the molecule is C=C(C)CS(=O)(=O)C1O[C@@H]2CO[C@@H](c3ccccc3)O[C@H]2[C@H](OCc2ccccc2)[C@H]1OCc1ccccc1. The number of benzene rings is 3. The van der Waals surface area contributed by atoms with Crippen LogP contribution in [0.2, 0.25) is 0 Å². The molecule has 2 saturated heterocycles. The van der Waals surface area contributed by atoms with Gasteiger partial charge in [0.2, 0.25) is 0 Å². The van der Waals surface area contributed by atoms with E-state index < -0.39 is 46.0 Å². The third-order valence-corrected chi connectivity index (χ3v) is 8.71. The highest BCUT2D eigenvalue weighted by Crippen LogP contribution is 2.38. The van der Waals surface area contributed by atoms with Gasteiger partial charge in [0.05, 0.1) is 25.6 Å². The van der Waals surface area contributed by atoms with Crippen LogP contribution in [0.3, 0.4) is 0 Å². The molecule has 6 atom stereocenters. The molecular formula is C31H34O7S. The summed E-state index contributed by atoms with van der Waals surface area (Å²) in [5, 5.41) is 0. The van der Waals surface area contributed by atoms with Crippen molar-refractivity contribution >= 4 is 9.84 Å². The molecular weight excluding hydrogens is 516 g/mol. The first-order valence-corrected chi connectivity index (χ1v) is 14.8. The van der Waals surface area contributed by atoms with E-state index in [9.17, 15) is 8.42 Å². The molecule has 0 spiro atoms. The number of fused-ring (bicyclic) bond motifs is 1. The van der Waals surface area contributed by atoms with Gasteiger partial charge >= 0.3 is 0 Å². The standard InChI is InChI=1S/C31H34O7S/c1-22(2)21-39(32,33)31-29(35-19-24-14-8-4-9-15-24)28(34-18-23-12-6-3-7-13-23)27-26(37-31)20-36-30(38-27)25-16-10-5-11-17-25/h3-17,26-31H,1,18-21H2,2H3/t26-,27-,28+,29-,30-,31?/m1/s1. The molecule has 0 saturated carbocycles. The van der Waals surface area contributed by atoms with Crippen molar-refractivity contribution in [2.75, 3.05) is 12.4 Å². The van der Waals surface area contributed by atoms with Gasteiger partial charge in [0.15, 0.2) is 21.6 Å². The van der Waals surface area contributed by atoms with Gasteiger partial charge in [-0.25, -0.2) is 8.42 Å². The van der Waals surface area contributed by atoms with Crippen LogP contribution in [0.15, 0.2) is 103 Å². The Labute approximate surface area is 230 Å². The molecule has 5 rings (SSSR count). The maximum atomic E-state index is 13.6. The van der Waals surface area contributed by atoms with E-state index in [2.05, 4.69) is 6.58 Å². The van der Waals surface area contributed by atoms with Crippen LogP contribution in [0.25, 0.3) is 0 Å². The van der Waals surface area contributed by atoms with Crippen LogP contribution in [0.1, 0.15) is 29.9 Å². The fourth-order valence-electron chi connectivity index (χ4n) is 4.94. The summed E-state index contributed by atoms with van der Waals surface area (Å²) in [6.45, 7) is 6.10. The van der Waals surface area contributed by atoms with Gasteiger partial charge in [-0.15, -0.1) is 0 Å². The van der Waals surface area contributed by atoms with Crippen molar-refractivity contribution in [1.29, 1.82) is 0 Å². The van der Waals surface area contributed by atoms with Crippen molar-refractivity contribution < 1.29 is 32.1 Å². The number of hydrogen-bond donors (Lipinski definition) is 0. The number of sulfone groups is 1. The second-order valence-electron chi connectivity index (χ2n) is 10.0. The molecule has 0 N–H and O–H groups in total. The minimum Gasteiger partial charge on any atom is -0.368 e. The van der Waals surface area contributed by atoms with Crippen LogP contribution < -0.4 is 0 Å². The van der Waals surface area contributed by atoms with E-state index in [4.69, 9.17) is 23.7 Å². The van der Waals surface area contributed by atoms with E-state index in [-0.39, 0.29) is 25.6 Å². The summed E-state index contributed by atoms with van der Waals surface area (Å²) in [6.07, 6.45) is -3.61. The average molecular weight is 551 g/mol. The van der Waals surface area contributed by atoms with Crippen molar-refractivity contribution in [3.63, 3.8) is 0 Å². The van der Waals surface area contributed by atoms with Gasteiger partial charge in [-0.3, -0.25) is 0 Å². The fraction of sp³-hybridized carbons (Fsp3) is 0.355. The van der Waals surface area contributed by atoms with Gasteiger partial charge in [-0.2, -0.15) is 0 Å². The van der Waals surface area contributed by atoms with Gasteiger partial charge in [-0.05, 0) is 18.1 Å². The smallest absolute Gasteiger partial charge is 0.188 e. The molecule has 0 radical (unpaired) electrons. The Morgan fingerprint density at radius 2 is 1.36 bits per heavy atom. The number of ether oxygens (including phenoxy) is 5. The monoisotopic (exact) mass is 550 g/mol. The zero-order chi connectivity index (χ0) is 27.2. The Balaban J connectivity index is 1.48. The first-order valence-electron chi connectivity index (χ1n) is 13.1. The van der Waals surface area contributed by atoms with Crippen LogP contribution in [-0.2, 0) is 46.7 Å². The molecule has 8 heteroatoms. The molecule has 2 aliphatic rings. The molecule has 0 aromatic heterocycles. The van der Waals surface area contributed by atoms with Crippen LogP contribution in [0.4, 0.5) is 0 Å². The predicted octanol–water partition coefficient (Wildman–Crippen LogP) is 4.99. The topological polar surface area (TPSA) is 80.3 Å². The molecule has 7 nitrogen and oxygen atoms in total. The second-order valence-corrected chi connectivity index (χ2v) is 12.1. The summed E-state index contributed by atoms with van der Waals surface area (Å²) in [5.74, 6) is -0.222. The minimum atomic E-state index is -3.81. The lowest BCUT2D eigenvalue weighted by atomic mass is 9.98. The van der Waals surface area contributed by atoms with Crippen molar-refractivity contribution in [2.45, 2.75) is 56.3 Å². The fourth-order valence-corrected chi connectivity index (χ4v) is 6.75.